The van der Waals surface area contributed by atoms with E-state index in [9.17, 15) is 19.2 Å². The van der Waals surface area contributed by atoms with Crippen molar-refractivity contribution in [1.29, 1.82) is 0 Å². The highest BCUT2D eigenvalue weighted by atomic mass is 79.9. The third kappa shape index (κ3) is 17.3. The molecule has 4 aromatic carbocycles. The Balaban J connectivity index is 0.000000185. The van der Waals surface area contributed by atoms with Crippen molar-refractivity contribution < 1.29 is 47.4 Å². The van der Waals surface area contributed by atoms with Gasteiger partial charge in [0.15, 0.2) is 0 Å². The van der Waals surface area contributed by atoms with Gasteiger partial charge in [-0.1, -0.05) is 92.7 Å². The summed E-state index contributed by atoms with van der Waals surface area (Å²) < 4.78 is 35.0. The number of amides is 4. The number of hydrogen-bond donors (Lipinski definition) is 0. The number of hydrogen-bond acceptors (Lipinski definition) is 10. The normalized spacial score (nSPS) is 18.8. The molecule has 1 saturated heterocycles. The van der Waals surface area contributed by atoms with Gasteiger partial charge in [-0.2, -0.15) is 0 Å². The van der Waals surface area contributed by atoms with Crippen molar-refractivity contribution in [2.45, 2.75) is 155 Å². The van der Waals surface area contributed by atoms with Crippen molar-refractivity contribution in [3.8, 4) is 0 Å². The summed E-state index contributed by atoms with van der Waals surface area (Å²) in [7, 11) is 3.23. The first-order valence-corrected chi connectivity index (χ1v) is 30.0. The second-order valence-corrected chi connectivity index (χ2v) is 26.9. The smallest absolute Gasteiger partial charge is 0.445 e. The van der Waals surface area contributed by atoms with Crippen LogP contribution in [0.3, 0.4) is 0 Å². The number of aryl methyl sites for hydroxylation is 2. The topological polar surface area (TPSA) is 137 Å². The predicted octanol–water partition coefficient (Wildman–Crippen LogP) is 16.5. The Morgan fingerprint density at radius 3 is 1.45 bits per heavy atom. The fraction of sp³-hybridized carbons (Fsp3) is 0.484. The number of halogens is 5. The highest BCUT2D eigenvalue weighted by Gasteiger charge is 2.52. The Labute approximate surface area is 512 Å². The van der Waals surface area contributed by atoms with Crippen molar-refractivity contribution in [2.24, 2.45) is 0 Å². The van der Waals surface area contributed by atoms with Crippen LogP contribution >= 0.6 is 62.3 Å². The first kappa shape index (κ1) is 64.6. The summed E-state index contributed by atoms with van der Waals surface area (Å²) in [5.74, 6) is 0. The molecule has 0 saturated carbocycles. The van der Waals surface area contributed by atoms with Crippen LogP contribution in [0.5, 0.6) is 0 Å². The van der Waals surface area contributed by atoms with Crippen molar-refractivity contribution >= 4 is 99.4 Å². The monoisotopic (exact) mass is 1270 g/mol. The number of carbonyl (C=O) groups excluding carboxylic acids is 4. The zero-order valence-electron chi connectivity index (χ0n) is 49.1. The molecule has 20 heteroatoms. The van der Waals surface area contributed by atoms with Crippen molar-refractivity contribution in [3.05, 3.63) is 154 Å². The van der Waals surface area contributed by atoms with Crippen LogP contribution < -0.4 is 0 Å². The average molecular weight is 1270 g/mol. The molecule has 1 fully saturated rings. The Morgan fingerprint density at radius 2 is 1.04 bits per heavy atom. The molecule has 0 spiro atoms. The molecule has 3 heterocycles. The molecule has 0 radical (unpaired) electrons. The number of fused-ring (bicyclic) bond motifs is 2. The fourth-order valence-electron chi connectivity index (χ4n) is 10.1. The van der Waals surface area contributed by atoms with E-state index in [2.05, 4.69) is 52.3 Å². The van der Waals surface area contributed by atoms with Gasteiger partial charge in [0.1, 0.15) is 24.4 Å². The van der Waals surface area contributed by atoms with Gasteiger partial charge in [0.05, 0.1) is 23.3 Å². The second kappa shape index (κ2) is 27.0. The van der Waals surface area contributed by atoms with Gasteiger partial charge in [0.25, 0.3) is 0 Å². The van der Waals surface area contributed by atoms with Crippen LogP contribution in [0.25, 0.3) is 5.57 Å². The van der Waals surface area contributed by atoms with Crippen LogP contribution in [0, 0.1) is 0 Å². The lowest BCUT2D eigenvalue weighted by molar-refractivity contribution is 0.00578. The summed E-state index contributed by atoms with van der Waals surface area (Å²) in [6.45, 7) is 22.0. The van der Waals surface area contributed by atoms with Crippen molar-refractivity contribution in [3.63, 3.8) is 0 Å². The van der Waals surface area contributed by atoms with Crippen LogP contribution in [0.4, 0.5) is 19.2 Å². The van der Waals surface area contributed by atoms with Crippen molar-refractivity contribution in [2.75, 3.05) is 40.3 Å². The molecule has 82 heavy (non-hydrogen) atoms. The molecule has 0 N–H and O–H groups in total. The van der Waals surface area contributed by atoms with E-state index in [0.29, 0.717) is 46.3 Å². The summed E-state index contributed by atoms with van der Waals surface area (Å²) in [6, 6.07) is 22.9. The zero-order valence-corrected chi connectivity index (χ0v) is 53.7. The van der Waals surface area contributed by atoms with E-state index in [0.717, 1.165) is 70.7 Å². The van der Waals surface area contributed by atoms with Crippen LogP contribution in [-0.2, 0) is 54.3 Å². The van der Waals surface area contributed by atoms with Crippen molar-refractivity contribution in [1.82, 2.24) is 19.6 Å². The molecule has 5 aliphatic rings. The molecule has 442 valence electrons. The third-order valence-corrected chi connectivity index (χ3v) is 16.5. The minimum absolute atomic E-state index is 0.0351. The maximum absolute atomic E-state index is 12.8. The molecule has 2 unspecified atom stereocenters. The number of nitrogens with zero attached hydrogens (tertiary/aromatic N) is 4. The zero-order chi connectivity index (χ0) is 60.1. The molecule has 4 aromatic rings. The third-order valence-electron chi connectivity index (χ3n) is 15.1. The Kier molecular flexibility index (Phi) is 21.3. The summed E-state index contributed by atoms with van der Waals surface area (Å²) in [6.07, 6.45) is 7.94. The quantitative estimate of drug-likeness (QED) is 0.124. The molecule has 2 aliphatic carbocycles. The largest absolute Gasteiger partial charge is 0.490 e. The highest BCUT2D eigenvalue weighted by molar-refractivity contribution is 9.10. The molecule has 4 amide bonds. The van der Waals surface area contributed by atoms with Crippen LogP contribution in [0.15, 0.2) is 94.9 Å². The lowest BCUT2D eigenvalue weighted by Crippen LogP contribution is -2.41. The maximum atomic E-state index is 12.8. The Morgan fingerprint density at radius 1 is 0.610 bits per heavy atom. The van der Waals surface area contributed by atoms with E-state index in [1.54, 1.807) is 70.1 Å². The molecule has 0 bridgehead atoms. The summed E-state index contributed by atoms with van der Waals surface area (Å²) in [5, 5.41) is 2.06. The fourth-order valence-corrected chi connectivity index (χ4v) is 11.6. The maximum Gasteiger partial charge on any atom is 0.490 e. The summed E-state index contributed by atoms with van der Waals surface area (Å²) in [4.78, 5) is 56.4. The predicted molar refractivity (Wildman–Crippen MR) is 329 cm³/mol. The van der Waals surface area contributed by atoms with Gasteiger partial charge in [-0.15, -0.1) is 0 Å². The van der Waals surface area contributed by atoms with E-state index in [1.165, 1.54) is 22.3 Å². The molecule has 14 nitrogen and oxygen atoms in total. The van der Waals surface area contributed by atoms with Crippen LogP contribution in [-0.4, -0.2) is 114 Å². The van der Waals surface area contributed by atoms with Gasteiger partial charge in [-0.05, 0) is 212 Å². The van der Waals surface area contributed by atoms with E-state index < -0.39 is 11.2 Å². The Bertz CT molecular complexity index is 3010. The lowest BCUT2D eigenvalue weighted by atomic mass is 9.75. The molecule has 0 aromatic heterocycles. The minimum Gasteiger partial charge on any atom is -0.445 e. The van der Waals surface area contributed by atoms with E-state index in [-0.39, 0.29) is 68.0 Å². The second-order valence-electron chi connectivity index (χ2n) is 24.2. The van der Waals surface area contributed by atoms with Gasteiger partial charge < -0.3 is 47.9 Å². The standard InChI is InChI=1S/C28H32Cl2N2O4.C18H16BrCl2NO2.C16H28BNO4/c1-28(2,3)36-27(34)32-11-9-19(10-12-32)21-6-5-20-7-8-25(24(20)15-21)31(4)26(33)35-17-18-13-22(29)16-23(30)14-18;1-22(17-5-3-12-2-4-13(19)8-16(12)17)18(23)24-10-11-6-14(20)9-15(21)7-11;1-14(2,3)20-13(19)18-10-8-12(9-11-18)17-21-15(4,5)16(6,7)22-17/h5-6,9,13-16,25H,7-8,10-12,17H2,1-4H3;2,4,6-9,17H,3,5,10H2,1H3;8H,9-11H2,1-7H3. The first-order chi connectivity index (χ1) is 38.3. The van der Waals surface area contributed by atoms with Gasteiger partial charge >= 0.3 is 31.5 Å². The molecule has 2 atom stereocenters. The minimum atomic E-state index is -0.509. The van der Waals surface area contributed by atoms with Gasteiger partial charge in [0, 0.05) is 64.8 Å². The van der Waals surface area contributed by atoms with Crippen LogP contribution in [0.2, 0.25) is 20.1 Å². The highest BCUT2D eigenvalue weighted by Crippen LogP contribution is 2.41. The number of ether oxygens (including phenoxy) is 4. The Hall–Kier alpha value is -4.94. The van der Waals surface area contributed by atoms with Gasteiger partial charge in [-0.25, -0.2) is 19.2 Å². The van der Waals surface area contributed by atoms with E-state index >= 15 is 0 Å². The lowest BCUT2D eigenvalue weighted by Gasteiger charge is -2.32. The SMILES string of the molecule is CC(C)(C)OC(=O)N1CC=C(B2OC(C)(C)C(C)(C)O2)CC1.CN(C(=O)OCc1cc(Cl)cc(Cl)c1)C1CCc2ccc(Br)cc21.CN(C(=O)OCc1cc(Cl)cc(Cl)c1)C1CCc2ccc(C3=CCN(C(=O)OC(C)(C)C)CC3)cc21. The van der Waals surface area contributed by atoms with Gasteiger partial charge in [-0.3, -0.25) is 0 Å². The number of benzene rings is 4. The molecular weight excluding hydrogens is 1190 g/mol. The van der Waals surface area contributed by atoms with E-state index in [1.807, 2.05) is 81.4 Å². The molecule has 3 aliphatic heterocycles. The van der Waals surface area contributed by atoms with E-state index in [4.69, 9.17) is 74.7 Å². The van der Waals surface area contributed by atoms with Crippen LogP contribution in [0.1, 0.15) is 146 Å². The first-order valence-electron chi connectivity index (χ1n) is 27.7. The van der Waals surface area contributed by atoms with Gasteiger partial charge in [0.2, 0.25) is 0 Å². The summed E-state index contributed by atoms with van der Waals surface area (Å²) in [5.41, 5.74) is 8.16. The summed E-state index contributed by atoms with van der Waals surface area (Å²) >= 11 is 27.5. The average Bonchev–Trinajstić information content (AvgIpc) is 3.95. The number of rotatable bonds is 8. The molecule has 9 rings (SSSR count). The molecular formula is C62H76BBrCl4N4O10. The number of carbonyl (C=O) groups is 4.